The third-order valence-corrected chi connectivity index (χ3v) is 7.47. The number of amides is 1. The molecule has 1 amide bonds. The molecule has 0 spiro atoms. The first-order valence-corrected chi connectivity index (χ1v) is 12.8. The normalized spacial score (nSPS) is 17.5. The molecule has 0 radical (unpaired) electrons. The number of Topliss-reactive ketones (excluding diaryl/α,β-unsaturated/α-hetero) is 1. The molecule has 178 valence electrons. The lowest BCUT2D eigenvalue weighted by molar-refractivity contribution is 0.0547. The first-order valence-electron chi connectivity index (χ1n) is 12.0. The van der Waals surface area contributed by atoms with Gasteiger partial charge in [0.1, 0.15) is 10.6 Å². The maximum atomic E-state index is 13.2. The number of anilines is 1. The van der Waals surface area contributed by atoms with Crippen LogP contribution in [0.25, 0.3) is 11.5 Å². The molecule has 0 atom stereocenters. The van der Waals surface area contributed by atoms with Crippen molar-refractivity contribution in [3.8, 4) is 11.5 Å². The fraction of sp³-hybridized carbons (Fsp3) is 0.423. The van der Waals surface area contributed by atoms with E-state index in [0.717, 1.165) is 19.6 Å². The van der Waals surface area contributed by atoms with Crippen molar-refractivity contribution in [3.05, 3.63) is 58.7 Å². The van der Waals surface area contributed by atoms with Crippen molar-refractivity contribution in [2.24, 2.45) is 5.92 Å². The molecule has 0 unspecified atom stereocenters. The summed E-state index contributed by atoms with van der Waals surface area (Å²) >= 11 is 1.21. The highest BCUT2D eigenvalue weighted by Gasteiger charge is 2.29. The molecule has 4 heterocycles. The number of thiazole rings is 1. The highest BCUT2D eigenvalue weighted by Crippen LogP contribution is 2.35. The zero-order valence-corrected chi connectivity index (χ0v) is 19.9. The Bertz CT molecular complexity index is 1110. The number of ether oxygens (including phenoxy) is 1. The first-order chi connectivity index (χ1) is 16.7. The van der Waals surface area contributed by atoms with E-state index < -0.39 is 0 Å². The Kier molecular flexibility index (Phi) is 7.18. The maximum Gasteiger partial charge on any atom is 0.257 e. The number of hydrogen-bond acceptors (Lipinski definition) is 7. The summed E-state index contributed by atoms with van der Waals surface area (Å²) in [5.41, 5.74) is 2.25. The van der Waals surface area contributed by atoms with Gasteiger partial charge >= 0.3 is 0 Å². The number of rotatable bonds is 7. The molecule has 2 aliphatic rings. The van der Waals surface area contributed by atoms with Gasteiger partial charge in [0.2, 0.25) is 0 Å². The second-order valence-electron chi connectivity index (χ2n) is 8.91. The van der Waals surface area contributed by atoms with E-state index in [1.54, 1.807) is 18.4 Å². The van der Waals surface area contributed by atoms with Crippen molar-refractivity contribution >= 4 is 28.2 Å². The molecule has 0 saturated carbocycles. The second-order valence-corrected chi connectivity index (χ2v) is 9.91. The van der Waals surface area contributed by atoms with Crippen molar-refractivity contribution in [1.82, 2.24) is 9.88 Å². The van der Waals surface area contributed by atoms with Crippen molar-refractivity contribution in [2.75, 3.05) is 31.6 Å². The van der Waals surface area contributed by atoms with Crippen LogP contribution in [-0.4, -0.2) is 47.9 Å². The van der Waals surface area contributed by atoms with Gasteiger partial charge in [-0.15, -0.1) is 0 Å². The molecule has 2 fully saturated rings. The summed E-state index contributed by atoms with van der Waals surface area (Å²) in [4.78, 5) is 33.7. The molecule has 2 aliphatic heterocycles. The van der Waals surface area contributed by atoms with Crippen LogP contribution >= 0.6 is 11.3 Å². The quantitative estimate of drug-likeness (QED) is 0.466. The van der Waals surface area contributed by atoms with Gasteiger partial charge in [0.15, 0.2) is 16.7 Å². The summed E-state index contributed by atoms with van der Waals surface area (Å²) in [7, 11) is 0. The van der Waals surface area contributed by atoms with Crippen molar-refractivity contribution in [2.45, 2.75) is 38.6 Å². The Morgan fingerprint density at radius 2 is 1.82 bits per heavy atom. The van der Waals surface area contributed by atoms with Crippen molar-refractivity contribution in [1.29, 1.82) is 0 Å². The van der Waals surface area contributed by atoms with Gasteiger partial charge in [-0.2, -0.15) is 0 Å². The standard InChI is InChI=1S/C26H29N3O4S/c30-23(19-10-15-32-16-11-19)24-22(21-5-4-14-33-21)27-26(34-24)28-25(31)20-8-6-18(7-9-20)17-29-12-2-1-3-13-29/h4-9,14,19H,1-3,10-13,15-17H2,(H,27,28,31). The number of likely N-dealkylation sites (tertiary alicyclic amines) is 1. The molecule has 2 aromatic heterocycles. The number of hydrogen-bond donors (Lipinski definition) is 1. The van der Waals surface area contributed by atoms with Gasteiger partial charge in [-0.3, -0.25) is 19.8 Å². The minimum absolute atomic E-state index is 0.0368. The van der Waals surface area contributed by atoms with E-state index in [2.05, 4.69) is 15.2 Å². The highest BCUT2D eigenvalue weighted by atomic mass is 32.1. The predicted octanol–water partition coefficient (Wildman–Crippen LogP) is 5.25. The largest absolute Gasteiger partial charge is 0.463 e. The van der Waals surface area contributed by atoms with Crippen LogP contribution in [0.3, 0.4) is 0 Å². The van der Waals surface area contributed by atoms with Crippen LogP contribution in [-0.2, 0) is 11.3 Å². The summed E-state index contributed by atoms with van der Waals surface area (Å²) in [5.74, 6) is 0.220. The average Bonchev–Trinajstić information content (AvgIpc) is 3.55. The summed E-state index contributed by atoms with van der Waals surface area (Å²) in [5, 5.41) is 3.27. The van der Waals surface area contributed by atoms with Crippen molar-refractivity contribution in [3.63, 3.8) is 0 Å². The lowest BCUT2D eigenvalue weighted by atomic mass is 9.94. The van der Waals surface area contributed by atoms with Crippen LogP contribution in [0.15, 0.2) is 47.1 Å². The fourth-order valence-electron chi connectivity index (χ4n) is 4.57. The van der Waals surface area contributed by atoms with Crippen LogP contribution in [0.1, 0.15) is 57.7 Å². The second kappa shape index (κ2) is 10.6. The summed E-state index contributed by atoms with van der Waals surface area (Å²) in [6, 6.07) is 11.3. The molecular formula is C26H29N3O4S. The smallest absolute Gasteiger partial charge is 0.257 e. The zero-order chi connectivity index (χ0) is 23.3. The molecule has 34 heavy (non-hydrogen) atoms. The number of aromatic nitrogens is 1. The third-order valence-electron chi connectivity index (χ3n) is 6.49. The Hall–Kier alpha value is -2.81. The number of piperidine rings is 1. The number of benzene rings is 1. The molecule has 7 nitrogen and oxygen atoms in total. The van der Waals surface area contributed by atoms with Crippen molar-refractivity contribution < 1.29 is 18.7 Å². The van der Waals surface area contributed by atoms with E-state index in [1.165, 1.54) is 36.2 Å². The Morgan fingerprint density at radius 1 is 1.06 bits per heavy atom. The van der Waals surface area contributed by atoms with E-state index in [0.29, 0.717) is 53.1 Å². The Morgan fingerprint density at radius 3 is 2.53 bits per heavy atom. The molecule has 2 saturated heterocycles. The molecule has 0 bridgehead atoms. The van der Waals surface area contributed by atoms with Gasteiger partial charge in [0, 0.05) is 31.2 Å². The molecule has 1 aromatic carbocycles. The third kappa shape index (κ3) is 5.29. The van der Waals surface area contributed by atoms with Gasteiger partial charge < -0.3 is 9.15 Å². The molecule has 3 aromatic rings. The van der Waals surface area contributed by atoms with Gasteiger partial charge in [-0.25, -0.2) is 4.98 Å². The topological polar surface area (TPSA) is 84.7 Å². The van der Waals surface area contributed by atoms with Crippen LogP contribution in [0, 0.1) is 5.92 Å². The Labute approximate surface area is 203 Å². The number of ketones is 1. The van der Waals surface area contributed by atoms with E-state index in [1.807, 2.05) is 24.3 Å². The Balaban J connectivity index is 1.30. The van der Waals surface area contributed by atoms with Gasteiger partial charge in [0.25, 0.3) is 5.91 Å². The van der Waals surface area contributed by atoms with Crippen LogP contribution in [0.5, 0.6) is 0 Å². The molecule has 8 heteroatoms. The average molecular weight is 480 g/mol. The molecule has 5 rings (SSSR count). The summed E-state index contributed by atoms with van der Waals surface area (Å²) in [6.07, 6.45) is 6.78. The number of furan rings is 1. The van der Waals surface area contributed by atoms with Crippen LogP contribution in [0.4, 0.5) is 5.13 Å². The van der Waals surface area contributed by atoms with E-state index in [-0.39, 0.29) is 17.6 Å². The van der Waals surface area contributed by atoms with Gasteiger partial charge in [-0.1, -0.05) is 29.9 Å². The van der Waals surface area contributed by atoms with E-state index >= 15 is 0 Å². The minimum Gasteiger partial charge on any atom is -0.463 e. The molecule has 0 aliphatic carbocycles. The lowest BCUT2D eigenvalue weighted by Gasteiger charge is -2.26. The summed E-state index contributed by atoms with van der Waals surface area (Å²) in [6.45, 7) is 4.36. The number of carbonyl (C=O) groups is 2. The van der Waals surface area contributed by atoms with E-state index in [9.17, 15) is 9.59 Å². The molecule has 1 N–H and O–H groups in total. The number of carbonyl (C=O) groups excluding carboxylic acids is 2. The van der Waals surface area contributed by atoms with Gasteiger partial charge in [-0.05, 0) is 68.6 Å². The first kappa shape index (κ1) is 23.0. The number of nitrogens with zero attached hydrogens (tertiary/aromatic N) is 2. The van der Waals surface area contributed by atoms with Crippen LogP contribution in [0.2, 0.25) is 0 Å². The predicted molar refractivity (Wildman–Crippen MR) is 131 cm³/mol. The number of nitrogens with one attached hydrogen (secondary N) is 1. The fourth-order valence-corrected chi connectivity index (χ4v) is 5.56. The van der Waals surface area contributed by atoms with E-state index in [4.69, 9.17) is 9.15 Å². The molecular weight excluding hydrogens is 450 g/mol. The zero-order valence-electron chi connectivity index (χ0n) is 19.1. The monoisotopic (exact) mass is 479 g/mol. The summed E-state index contributed by atoms with van der Waals surface area (Å²) < 4.78 is 10.9. The van der Waals surface area contributed by atoms with Gasteiger partial charge in [0.05, 0.1) is 6.26 Å². The lowest BCUT2D eigenvalue weighted by Crippen LogP contribution is -2.29. The SMILES string of the molecule is O=C(Nc1nc(-c2ccco2)c(C(=O)C2CCOCC2)s1)c1ccc(CN2CCCCC2)cc1. The minimum atomic E-state index is -0.241. The maximum absolute atomic E-state index is 13.2. The van der Waals surface area contributed by atoms with Crippen LogP contribution < -0.4 is 5.32 Å². The highest BCUT2D eigenvalue weighted by molar-refractivity contribution is 7.18.